The van der Waals surface area contributed by atoms with Gasteiger partial charge in [0.1, 0.15) is 5.00 Å². The first-order valence-corrected chi connectivity index (χ1v) is 7.78. The van der Waals surface area contributed by atoms with Crippen molar-refractivity contribution in [3.8, 4) is 0 Å². The molecule has 0 aromatic carbocycles. The Morgan fingerprint density at radius 2 is 1.81 bits per heavy atom. The lowest BCUT2D eigenvalue weighted by Gasteiger charge is -2.07. The Bertz CT molecular complexity index is 499. The molecule has 0 unspecified atom stereocenters. The van der Waals surface area contributed by atoms with Crippen LogP contribution in [0.25, 0.3) is 0 Å². The Kier molecular flexibility index (Phi) is 7.18. The summed E-state index contributed by atoms with van der Waals surface area (Å²) in [5.74, 6) is -1.03. The van der Waals surface area contributed by atoms with Gasteiger partial charge >= 0.3 is 12.0 Å². The van der Waals surface area contributed by atoms with Crippen LogP contribution in [0.5, 0.6) is 0 Å². The van der Waals surface area contributed by atoms with Gasteiger partial charge in [-0.3, -0.25) is 5.32 Å². The largest absolute Gasteiger partial charge is 0.478 e. The Hall–Kier alpha value is -1.60. The summed E-state index contributed by atoms with van der Waals surface area (Å²) < 4.78 is 0. The van der Waals surface area contributed by atoms with Crippen molar-refractivity contribution in [1.29, 1.82) is 0 Å². The number of thiophene rings is 1. The molecule has 1 rings (SSSR count). The van der Waals surface area contributed by atoms with Crippen molar-refractivity contribution in [2.45, 2.75) is 39.5 Å². The van der Waals surface area contributed by atoms with Crippen LogP contribution in [-0.4, -0.2) is 35.4 Å². The second-order valence-corrected chi connectivity index (χ2v) is 6.04. The summed E-state index contributed by atoms with van der Waals surface area (Å²) in [7, 11) is 0. The fourth-order valence-corrected chi connectivity index (χ4v) is 2.96. The third-order valence-corrected chi connectivity index (χ3v) is 4.32. The number of carboxylic acid groups (broad SMARTS) is 1. The summed E-state index contributed by atoms with van der Waals surface area (Å²) in [5, 5.41) is 23.5. The number of aromatic carboxylic acids is 1. The lowest BCUT2D eigenvalue weighted by atomic mass is 10.1. The number of amides is 2. The number of carbonyl (C=O) groups is 2. The van der Waals surface area contributed by atoms with Gasteiger partial charge in [0.05, 0.1) is 5.56 Å². The number of urea groups is 1. The molecule has 1 heterocycles. The SMILES string of the molecule is Cc1sc(NC(=O)NCCCCCCO)c(C(=O)O)c1C. The molecule has 0 fully saturated rings. The maximum Gasteiger partial charge on any atom is 0.338 e. The minimum absolute atomic E-state index is 0.163. The predicted octanol–water partition coefficient (Wildman–Crippen LogP) is 2.74. The summed E-state index contributed by atoms with van der Waals surface area (Å²) in [6, 6.07) is -0.388. The molecule has 0 aliphatic heterocycles. The van der Waals surface area contributed by atoms with E-state index < -0.39 is 5.97 Å². The first-order valence-electron chi connectivity index (χ1n) is 6.96. The van der Waals surface area contributed by atoms with E-state index in [0.29, 0.717) is 17.1 Å². The Balaban J connectivity index is 2.45. The lowest BCUT2D eigenvalue weighted by molar-refractivity contribution is 0.0697. The molecule has 1 aromatic rings. The van der Waals surface area contributed by atoms with Crippen LogP contribution < -0.4 is 10.6 Å². The van der Waals surface area contributed by atoms with E-state index in [1.165, 1.54) is 11.3 Å². The zero-order valence-electron chi connectivity index (χ0n) is 12.4. The number of nitrogens with one attached hydrogen (secondary N) is 2. The van der Waals surface area contributed by atoms with E-state index in [1.807, 2.05) is 6.92 Å². The van der Waals surface area contributed by atoms with Crippen LogP contribution in [0.3, 0.4) is 0 Å². The average Bonchev–Trinajstić information content (AvgIpc) is 2.68. The van der Waals surface area contributed by atoms with Crippen LogP contribution in [0.15, 0.2) is 0 Å². The van der Waals surface area contributed by atoms with Crippen molar-refractivity contribution >= 4 is 28.3 Å². The minimum Gasteiger partial charge on any atom is -0.478 e. The molecule has 0 saturated heterocycles. The number of rotatable bonds is 8. The quantitative estimate of drug-likeness (QED) is 0.554. The maximum absolute atomic E-state index is 11.7. The summed E-state index contributed by atoms with van der Waals surface area (Å²) in [5.41, 5.74) is 0.849. The monoisotopic (exact) mass is 314 g/mol. The third kappa shape index (κ3) is 5.35. The van der Waals surface area contributed by atoms with E-state index in [0.717, 1.165) is 30.6 Å². The summed E-state index contributed by atoms with van der Waals surface area (Å²) in [4.78, 5) is 23.8. The number of aliphatic hydroxyl groups is 1. The normalized spacial score (nSPS) is 10.4. The van der Waals surface area contributed by atoms with Crippen LogP contribution in [0.4, 0.5) is 9.80 Å². The molecule has 0 atom stereocenters. The molecule has 1 aromatic heterocycles. The minimum atomic E-state index is -1.03. The number of aryl methyl sites for hydroxylation is 1. The summed E-state index contributed by atoms with van der Waals surface area (Å²) in [6.45, 7) is 4.29. The van der Waals surface area contributed by atoms with Crippen LogP contribution in [0.1, 0.15) is 46.5 Å². The first-order chi connectivity index (χ1) is 9.97. The van der Waals surface area contributed by atoms with Crippen molar-refractivity contribution in [2.24, 2.45) is 0 Å². The molecule has 0 spiro atoms. The van der Waals surface area contributed by atoms with E-state index in [-0.39, 0.29) is 18.2 Å². The summed E-state index contributed by atoms with van der Waals surface area (Å²) in [6.07, 6.45) is 3.49. The van der Waals surface area contributed by atoms with Gasteiger partial charge in [-0.05, 0) is 32.3 Å². The molecule has 0 aliphatic carbocycles. The van der Waals surface area contributed by atoms with Crippen molar-refractivity contribution in [3.63, 3.8) is 0 Å². The number of hydrogen-bond donors (Lipinski definition) is 4. The molecule has 0 saturated carbocycles. The van der Waals surface area contributed by atoms with Gasteiger partial charge < -0.3 is 15.5 Å². The van der Waals surface area contributed by atoms with Gasteiger partial charge in [0, 0.05) is 18.0 Å². The van der Waals surface area contributed by atoms with Gasteiger partial charge in [0.15, 0.2) is 0 Å². The van der Waals surface area contributed by atoms with Crippen molar-refractivity contribution < 1.29 is 19.8 Å². The summed E-state index contributed by atoms with van der Waals surface area (Å²) >= 11 is 1.27. The van der Waals surface area contributed by atoms with E-state index in [9.17, 15) is 14.7 Å². The Morgan fingerprint density at radius 3 is 2.43 bits per heavy atom. The molecule has 118 valence electrons. The number of anilines is 1. The van der Waals surface area contributed by atoms with Crippen LogP contribution in [0.2, 0.25) is 0 Å². The van der Waals surface area contributed by atoms with Gasteiger partial charge in [-0.15, -0.1) is 11.3 Å². The number of hydrogen-bond acceptors (Lipinski definition) is 4. The zero-order chi connectivity index (χ0) is 15.8. The predicted molar refractivity (Wildman–Crippen MR) is 83.3 cm³/mol. The smallest absolute Gasteiger partial charge is 0.338 e. The molecule has 21 heavy (non-hydrogen) atoms. The fourth-order valence-electron chi connectivity index (χ4n) is 1.91. The lowest BCUT2D eigenvalue weighted by Crippen LogP contribution is -2.29. The molecule has 0 radical (unpaired) electrons. The van der Waals surface area contributed by atoms with Gasteiger partial charge in [-0.2, -0.15) is 0 Å². The maximum atomic E-state index is 11.7. The van der Waals surface area contributed by atoms with Gasteiger partial charge in [-0.25, -0.2) is 9.59 Å². The van der Waals surface area contributed by atoms with E-state index in [2.05, 4.69) is 10.6 Å². The highest BCUT2D eigenvalue weighted by atomic mass is 32.1. The molecule has 2 amide bonds. The molecular weight excluding hydrogens is 292 g/mol. The number of carbonyl (C=O) groups excluding carboxylic acids is 1. The van der Waals surface area contributed by atoms with Crippen LogP contribution in [-0.2, 0) is 0 Å². The third-order valence-electron chi connectivity index (χ3n) is 3.20. The molecule has 0 aliphatic rings. The number of aliphatic hydroxyl groups excluding tert-OH is 1. The molecule has 4 N–H and O–H groups in total. The Labute approximate surface area is 128 Å². The van der Waals surface area contributed by atoms with Crippen molar-refractivity contribution in [3.05, 3.63) is 16.0 Å². The van der Waals surface area contributed by atoms with Gasteiger partial charge in [-0.1, -0.05) is 12.8 Å². The topological polar surface area (TPSA) is 98.7 Å². The second-order valence-electron chi connectivity index (χ2n) is 4.81. The average molecular weight is 314 g/mol. The first kappa shape index (κ1) is 17.5. The Morgan fingerprint density at radius 1 is 1.14 bits per heavy atom. The fraction of sp³-hybridized carbons (Fsp3) is 0.571. The highest BCUT2D eigenvalue weighted by Crippen LogP contribution is 2.32. The van der Waals surface area contributed by atoms with E-state index in [4.69, 9.17) is 5.11 Å². The standard InChI is InChI=1S/C14H22N2O4S/c1-9-10(2)21-12(11(9)13(18)19)16-14(20)15-7-5-3-4-6-8-17/h17H,3-8H2,1-2H3,(H,18,19)(H2,15,16,20). The molecule has 7 heteroatoms. The van der Waals surface area contributed by atoms with Crippen molar-refractivity contribution in [1.82, 2.24) is 5.32 Å². The highest BCUT2D eigenvalue weighted by Gasteiger charge is 2.19. The van der Waals surface area contributed by atoms with Crippen LogP contribution >= 0.6 is 11.3 Å². The van der Waals surface area contributed by atoms with Crippen LogP contribution in [0, 0.1) is 13.8 Å². The molecule has 0 bridgehead atoms. The number of unbranched alkanes of at least 4 members (excludes halogenated alkanes) is 3. The second kappa shape index (κ2) is 8.63. The number of carboxylic acids is 1. The van der Waals surface area contributed by atoms with Gasteiger partial charge in [0.25, 0.3) is 0 Å². The van der Waals surface area contributed by atoms with E-state index in [1.54, 1.807) is 6.92 Å². The molecule has 6 nitrogen and oxygen atoms in total. The van der Waals surface area contributed by atoms with E-state index >= 15 is 0 Å². The highest BCUT2D eigenvalue weighted by molar-refractivity contribution is 7.16. The van der Waals surface area contributed by atoms with Gasteiger partial charge in [0.2, 0.25) is 0 Å². The zero-order valence-corrected chi connectivity index (χ0v) is 13.2. The molecular formula is C14H22N2O4S. The van der Waals surface area contributed by atoms with Crippen molar-refractivity contribution in [2.75, 3.05) is 18.5 Å².